The lowest BCUT2D eigenvalue weighted by molar-refractivity contribution is -0.254. The quantitative estimate of drug-likeness (QED) is 0.302. The van der Waals surface area contributed by atoms with Crippen LogP contribution in [0.4, 0.5) is 5.69 Å². The van der Waals surface area contributed by atoms with Gasteiger partial charge < -0.3 is 24.3 Å². The summed E-state index contributed by atoms with van der Waals surface area (Å²) in [5, 5.41) is 12.5. The Morgan fingerprint density at radius 1 is 1.09 bits per heavy atom. The minimum Gasteiger partial charge on any atom is -0.544 e. The molecular weight excluding hydrogens is 572 g/mol. The number of amides is 1. The fraction of sp³-hybridized carbons (Fsp3) is 0.639. The predicted octanol–water partition coefficient (Wildman–Crippen LogP) is 6.39. The Kier molecular flexibility index (Phi) is 11.2. The Labute approximate surface area is 266 Å². The number of hydrogen-bond donors (Lipinski definition) is 0. The van der Waals surface area contributed by atoms with Crippen LogP contribution in [0.5, 0.6) is 0 Å². The summed E-state index contributed by atoms with van der Waals surface area (Å²) in [6.07, 6.45) is 13.0. The number of ether oxygens (including phenoxy) is 2. The molecule has 3 fully saturated rings. The molecule has 1 amide bonds. The van der Waals surface area contributed by atoms with Crippen molar-refractivity contribution in [2.24, 2.45) is 23.2 Å². The van der Waals surface area contributed by atoms with E-state index in [9.17, 15) is 14.7 Å². The number of aromatic carboxylic acids is 1. The van der Waals surface area contributed by atoms with Crippen LogP contribution in [0.3, 0.4) is 0 Å². The standard InChI is InChI=1S/C36H48N2O5S/c1-25-10-14-27(15-11-25)34(39)38(29-16-12-26(13-17-29)22-28-8-4-6-20-37-28)31-23-30(44-33(31)35(40)41)18-19-36(2,3)24-43-32-9-5-7-21-42-32/h4,6,8,20,23,25-27,29,32H,5,7,9-17,21-22,24H2,1-3H3,(H,40,41)/p-1. The van der Waals surface area contributed by atoms with E-state index in [1.807, 2.05) is 43.1 Å². The smallest absolute Gasteiger partial charge is 0.230 e. The van der Waals surface area contributed by atoms with E-state index in [4.69, 9.17) is 9.47 Å². The van der Waals surface area contributed by atoms with Gasteiger partial charge in [-0.15, -0.1) is 11.3 Å². The first-order valence-corrected chi connectivity index (χ1v) is 17.3. The van der Waals surface area contributed by atoms with Crippen molar-refractivity contribution in [1.82, 2.24) is 4.98 Å². The Bertz CT molecular complexity index is 1310. The molecule has 44 heavy (non-hydrogen) atoms. The highest BCUT2D eigenvalue weighted by Crippen LogP contribution is 2.40. The van der Waals surface area contributed by atoms with Gasteiger partial charge in [0.25, 0.3) is 0 Å². The van der Waals surface area contributed by atoms with Crippen LogP contribution < -0.4 is 10.0 Å². The summed E-state index contributed by atoms with van der Waals surface area (Å²) in [4.78, 5) is 33.8. The van der Waals surface area contributed by atoms with Crippen LogP contribution in [0.25, 0.3) is 0 Å². The van der Waals surface area contributed by atoms with Crippen LogP contribution in [0.1, 0.15) is 112 Å². The molecule has 2 aromatic heterocycles. The molecule has 1 saturated heterocycles. The molecule has 2 aromatic rings. The van der Waals surface area contributed by atoms with Crippen molar-refractivity contribution in [3.63, 3.8) is 0 Å². The maximum absolute atomic E-state index is 14.3. The van der Waals surface area contributed by atoms with Crippen molar-refractivity contribution < 1.29 is 24.2 Å². The van der Waals surface area contributed by atoms with E-state index >= 15 is 0 Å². The summed E-state index contributed by atoms with van der Waals surface area (Å²) >= 11 is 1.11. The summed E-state index contributed by atoms with van der Waals surface area (Å²) < 4.78 is 11.7. The SMILES string of the molecule is CC1CCC(C(=O)N(c2cc(C#CC(C)(C)COC3CCCCO3)sc2C(=O)[O-])C2CCC(Cc3ccccn3)CC2)CC1. The first-order valence-electron chi connectivity index (χ1n) is 16.5. The number of thiophene rings is 1. The first-order chi connectivity index (χ1) is 21.2. The van der Waals surface area contributed by atoms with Crippen LogP contribution in [0.15, 0.2) is 30.5 Å². The molecule has 238 valence electrons. The van der Waals surface area contributed by atoms with Crippen LogP contribution in [-0.2, 0) is 20.7 Å². The molecular formula is C36H47N2O5S-. The number of carbonyl (C=O) groups is 2. The van der Waals surface area contributed by atoms with Gasteiger partial charge in [-0.3, -0.25) is 9.78 Å². The third kappa shape index (κ3) is 8.71. The number of rotatable bonds is 9. The van der Waals surface area contributed by atoms with Crippen molar-refractivity contribution in [1.29, 1.82) is 0 Å². The molecule has 7 nitrogen and oxygen atoms in total. The largest absolute Gasteiger partial charge is 0.544 e. The molecule has 0 bridgehead atoms. The first kappa shape index (κ1) is 32.7. The zero-order valence-electron chi connectivity index (χ0n) is 26.5. The number of anilines is 1. The van der Waals surface area contributed by atoms with Gasteiger partial charge in [0.15, 0.2) is 6.29 Å². The predicted molar refractivity (Wildman–Crippen MR) is 171 cm³/mol. The number of hydrogen-bond acceptors (Lipinski definition) is 7. The van der Waals surface area contributed by atoms with E-state index in [0.29, 0.717) is 29.0 Å². The molecule has 1 aliphatic heterocycles. The molecule has 0 aromatic carbocycles. The van der Waals surface area contributed by atoms with Gasteiger partial charge >= 0.3 is 0 Å². The molecule has 0 radical (unpaired) electrons. The average molecular weight is 620 g/mol. The number of nitrogens with zero attached hydrogens (tertiary/aromatic N) is 2. The number of carboxylic acid groups (broad SMARTS) is 1. The van der Waals surface area contributed by atoms with E-state index in [1.165, 1.54) is 0 Å². The van der Waals surface area contributed by atoms with Crippen molar-refractivity contribution in [3.05, 3.63) is 45.9 Å². The molecule has 0 N–H and O–H groups in total. The Morgan fingerprint density at radius 3 is 2.52 bits per heavy atom. The topological polar surface area (TPSA) is 91.8 Å². The fourth-order valence-corrected chi connectivity index (χ4v) is 7.64. The van der Waals surface area contributed by atoms with Crippen LogP contribution in [-0.4, -0.2) is 42.4 Å². The van der Waals surface area contributed by atoms with Gasteiger partial charge in [-0.1, -0.05) is 24.8 Å². The average Bonchev–Trinajstić information content (AvgIpc) is 3.46. The number of aromatic nitrogens is 1. The molecule has 3 heterocycles. The second-order valence-corrected chi connectivity index (χ2v) is 14.8. The third-order valence-electron chi connectivity index (χ3n) is 9.46. The van der Waals surface area contributed by atoms with E-state index in [1.54, 1.807) is 0 Å². The second-order valence-electron chi connectivity index (χ2n) is 13.7. The highest BCUT2D eigenvalue weighted by molar-refractivity contribution is 7.15. The molecule has 0 spiro atoms. The molecule has 1 atom stereocenters. The molecule has 1 unspecified atom stereocenters. The lowest BCUT2D eigenvalue weighted by atomic mass is 9.80. The van der Waals surface area contributed by atoms with Gasteiger partial charge in [0.2, 0.25) is 5.91 Å². The Morgan fingerprint density at radius 2 is 1.86 bits per heavy atom. The zero-order valence-corrected chi connectivity index (χ0v) is 27.3. The summed E-state index contributed by atoms with van der Waals surface area (Å²) in [6.45, 7) is 7.42. The van der Waals surface area contributed by atoms with Crippen LogP contribution >= 0.6 is 11.3 Å². The summed E-state index contributed by atoms with van der Waals surface area (Å²) in [6, 6.07) is 7.80. The van der Waals surface area contributed by atoms with Crippen molar-refractivity contribution >= 4 is 28.9 Å². The molecule has 3 aliphatic rings. The van der Waals surface area contributed by atoms with Gasteiger partial charge in [-0.2, -0.15) is 0 Å². The van der Waals surface area contributed by atoms with E-state index in [0.717, 1.165) is 101 Å². The molecule has 5 rings (SSSR count). The highest BCUT2D eigenvalue weighted by atomic mass is 32.1. The van der Waals surface area contributed by atoms with Crippen molar-refractivity contribution in [3.8, 4) is 11.8 Å². The number of pyridine rings is 1. The van der Waals surface area contributed by atoms with Gasteiger partial charge in [-0.05, 0) is 121 Å². The van der Waals surface area contributed by atoms with Crippen molar-refractivity contribution in [2.75, 3.05) is 18.1 Å². The maximum Gasteiger partial charge on any atom is 0.230 e. The summed E-state index contributed by atoms with van der Waals surface area (Å²) in [5.74, 6) is 6.36. The van der Waals surface area contributed by atoms with Crippen LogP contribution in [0.2, 0.25) is 0 Å². The summed E-state index contributed by atoms with van der Waals surface area (Å²) in [5.41, 5.74) is 1.10. The van der Waals surface area contributed by atoms with E-state index in [2.05, 4.69) is 29.8 Å². The zero-order chi connectivity index (χ0) is 31.1. The highest BCUT2D eigenvalue weighted by Gasteiger charge is 2.37. The molecule has 8 heteroatoms. The van der Waals surface area contributed by atoms with Gasteiger partial charge in [0.1, 0.15) is 0 Å². The van der Waals surface area contributed by atoms with Crippen molar-refractivity contribution in [2.45, 2.75) is 110 Å². The monoisotopic (exact) mass is 619 g/mol. The Hall–Kier alpha value is -2.73. The lowest BCUT2D eigenvalue weighted by Gasteiger charge is -2.40. The van der Waals surface area contributed by atoms with Crippen LogP contribution in [0, 0.1) is 35.0 Å². The normalized spacial score (nSPS) is 25.9. The minimum atomic E-state index is -1.26. The minimum absolute atomic E-state index is 0.0457. The van der Waals surface area contributed by atoms with E-state index in [-0.39, 0.29) is 29.0 Å². The Balaban J connectivity index is 1.36. The lowest BCUT2D eigenvalue weighted by Crippen LogP contribution is -2.47. The molecule has 2 saturated carbocycles. The fourth-order valence-electron chi connectivity index (χ4n) is 6.80. The van der Waals surface area contributed by atoms with E-state index < -0.39 is 11.4 Å². The number of carboxylic acids is 1. The maximum atomic E-state index is 14.3. The second kappa shape index (κ2) is 15.0. The van der Waals surface area contributed by atoms with Gasteiger partial charge in [0.05, 0.1) is 28.0 Å². The summed E-state index contributed by atoms with van der Waals surface area (Å²) in [7, 11) is 0. The molecule has 2 aliphatic carbocycles. The van der Waals surface area contributed by atoms with Gasteiger partial charge in [-0.25, -0.2) is 0 Å². The number of carbonyl (C=O) groups excluding carboxylic acids is 2. The third-order valence-corrected chi connectivity index (χ3v) is 10.5. The van der Waals surface area contributed by atoms with Gasteiger partial charge in [0, 0.05) is 35.9 Å².